The first-order valence-electron chi connectivity index (χ1n) is 12.0. The Balaban J connectivity index is 1.09. The van der Waals surface area contributed by atoms with Crippen molar-refractivity contribution >= 4 is 5.91 Å². The Labute approximate surface area is 195 Å². The number of amides is 1. The van der Waals surface area contributed by atoms with E-state index in [1.165, 1.54) is 16.7 Å². The van der Waals surface area contributed by atoms with Gasteiger partial charge in [0.2, 0.25) is 5.91 Å². The van der Waals surface area contributed by atoms with E-state index >= 15 is 0 Å². The number of carbonyl (C=O) groups is 1. The molecule has 0 saturated carbocycles. The summed E-state index contributed by atoms with van der Waals surface area (Å²) < 4.78 is 7.79. The average molecular weight is 445 g/mol. The molecule has 0 N–H and O–H groups in total. The van der Waals surface area contributed by atoms with Gasteiger partial charge >= 0.3 is 0 Å². The fraction of sp³-hybridized carbons (Fsp3) is 0.407. The number of aromatic nitrogens is 2. The highest BCUT2D eigenvalue weighted by Crippen LogP contribution is 2.22. The van der Waals surface area contributed by atoms with E-state index in [1.54, 1.807) is 10.9 Å². The van der Waals surface area contributed by atoms with Crippen LogP contribution in [0.1, 0.15) is 29.5 Å². The number of ether oxygens (including phenoxy) is 1. The second-order valence-electron chi connectivity index (χ2n) is 9.24. The molecule has 1 fully saturated rings. The third-order valence-electron chi connectivity index (χ3n) is 6.75. The van der Waals surface area contributed by atoms with Gasteiger partial charge in [-0.15, -0.1) is 0 Å². The molecular formula is C27H32N4O2. The lowest BCUT2D eigenvalue weighted by Gasteiger charge is -2.32. The number of hydrogen-bond donors (Lipinski definition) is 0. The Hall–Kier alpha value is -3.12. The van der Waals surface area contributed by atoms with Gasteiger partial charge in [-0.2, -0.15) is 5.10 Å². The second kappa shape index (κ2) is 10.2. The molecule has 0 unspecified atom stereocenters. The fourth-order valence-electron chi connectivity index (χ4n) is 4.91. The Bertz CT molecular complexity index is 1050. The van der Waals surface area contributed by atoms with Crippen molar-refractivity contribution in [3.63, 3.8) is 0 Å². The molecule has 1 atom stereocenters. The predicted octanol–water partition coefficient (Wildman–Crippen LogP) is 3.76. The van der Waals surface area contributed by atoms with Crippen LogP contribution in [0.25, 0.3) is 0 Å². The minimum atomic E-state index is 0.132. The molecule has 5 rings (SSSR count). The van der Waals surface area contributed by atoms with E-state index in [9.17, 15) is 4.79 Å². The first kappa shape index (κ1) is 21.7. The Morgan fingerprint density at radius 1 is 1.03 bits per heavy atom. The smallest absolute Gasteiger partial charge is 0.244 e. The third-order valence-corrected chi connectivity index (χ3v) is 6.75. The van der Waals surface area contributed by atoms with E-state index in [4.69, 9.17) is 4.74 Å². The molecule has 6 nitrogen and oxygen atoms in total. The van der Waals surface area contributed by atoms with Crippen molar-refractivity contribution < 1.29 is 9.53 Å². The van der Waals surface area contributed by atoms with Crippen LogP contribution in [-0.2, 0) is 30.8 Å². The topological polar surface area (TPSA) is 50.6 Å². The van der Waals surface area contributed by atoms with Gasteiger partial charge in [0.05, 0.1) is 6.61 Å². The summed E-state index contributed by atoms with van der Waals surface area (Å²) in [6.45, 7) is 5.63. The van der Waals surface area contributed by atoms with Crippen LogP contribution in [0, 0.1) is 5.92 Å². The van der Waals surface area contributed by atoms with Crippen LogP contribution in [0.2, 0.25) is 0 Å². The number of hydrogen-bond acceptors (Lipinski definition) is 4. The lowest BCUT2D eigenvalue weighted by molar-refractivity contribution is -0.134. The van der Waals surface area contributed by atoms with Gasteiger partial charge in [0, 0.05) is 51.0 Å². The summed E-state index contributed by atoms with van der Waals surface area (Å²) in [5.41, 5.74) is 4.25. The van der Waals surface area contributed by atoms with Gasteiger partial charge in [0.15, 0.2) is 0 Å². The van der Waals surface area contributed by atoms with Crippen molar-refractivity contribution in [2.24, 2.45) is 5.92 Å². The van der Waals surface area contributed by atoms with Crippen LogP contribution < -0.4 is 4.74 Å². The zero-order chi connectivity index (χ0) is 22.5. The summed E-state index contributed by atoms with van der Waals surface area (Å²) in [7, 11) is 0. The van der Waals surface area contributed by atoms with Gasteiger partial charge < -0.3 is 9.64 Å². The molecule has 2 aliphatic heterocycles. The first-order chi connectivity index (χ1) is 16.2. The normalized spacial score (nSPS) is 18.7. The van der Waals surface area contributed by atoms with Crippen molar-refractivity contribution in [3.8, 4) is 5.75 Å². The zero-order valence-electron chi connectivity index (χ0n) is 19.1. The quantitative estimate of drug-likeness (QED) is 0.557. The lowest BCUT2D eigenvalue weighted by atomic mass is 9.99. The number of nitrogens with zero attached hydrogens (tertiary/aromatic N) is 4. The van der Waals surface area contributed by atoms with Crippen molar-refractivity contribution in [2.45, 2.75) is 38.9 Å². The molecule has 0 bridgehead atoms. The summed E-state index contributed by atoms with van der Waals surface area (Å²) in [4.78, 5) is 17.0. The standard InChI is InChI=1S/C27H32N4O2/c32-27(20-31-15-4-13-28-31)30-14-3-5-23(18-30)21-33-26-10-8-22(9-11-26)17-29-16-12-24-6-1-2-7-25(24)19-29/h1-2,4,6-11,13,15,23H,3,5,12,14,16-21H2/t23-/m1/s1. The van der Waals surface area contributed by atoms with Crippen molar-refractivity contribution in [3.05, 3.63) is 83.7 Å². The molecule has 2 aromatic carbocycles. The molecule has 1 aromatic heterocycles. The molecule has 0 spiro atoms. The highest BCUT2D eigenvalue weighted by atomic mass is 16.5. The monoisotopic (exact) mass is 444 g/mol. The van der Waals surface area contributed by atoms with Crippen molar-refractivity contribution in [1.29, 1.82) is 0 Å². The lowest BCUT2D eigenvalue weighted by Crippen LogP contribution is -2.43. The number of likely N-dealkylation sites (tertiary alicyclic amines) is 1. The minimum absolute atomic E-state index is 0.132. The maximum absolute atomic E-state index is 12.6. The predicted molar refractivity (Wildman–Crippen MR) is 128 cm³/mol. The molecular weight excluding hydrogens is 412 g/mol. The molecule has 172 valence electrons. The van der Waals surface area contributed by atoms with Gasteiger partial charge in [-0.05, 0) is 54.2 Å². The van der Waals surface area contributed by atoms with Gasteiger partial charge in [-0.3, -0.25) is 14.4 Å². The Kier molecular flexibility index (Phi) is 6.72. The molecule has 2 aliphatic rings. The van der Waals surface area contributed by atoms with Crippen LogP contribution in [0.5, 0.6) is 5.75 Å². The number of fused-ring (bicyclic) bond motifs is 1. The SMILES string of the molecule is O=C(Cn1cccn1)N1CCC[C@@H](COc2ccc(CN3CCc4ccccc4C3)cc2)C1. The van der Waals surface area contributed by atoms with Crippen LogP contribution in [0.3, 0.4) is 0 Å². The molecule has 1 amide bonds. The first-order valence-corrected chi connectivity index (χ1v) is 12.0. The Morgan fingerprint density at radius 3 is 2.70 bits per heavy atom. The fourth-order valence-corrected chi connectivity index (χ4v) is 4.91. The molecule has 0 radical (unpaired) electrons. The number of carbonyl (C=O) groups excluding carboxylic acids is 1. The maximum atomic E-state index is 12.6. The van der Waals surface area contributed by atoms with Crippen molar-refractivity contribution in [1.82, 2.24) is 19.6 Å². The van der Waals surface area contributed by atoms with Crippen LogP contribution in [0.15, 0.2) is 67.0 Å². The highest BCUT2D eigenvalue weighted by molar-refractivity contribution is 5.76. The number of rotatable bonds is 7. The van der Waals surface area contributed by atoms with Gasteiger partial charge in [-0.25, -0.2) is 0 Å². The van der Waals surface area contributed by atoms with E-state index in [-0.39, 0.29) is 5.91 Å². The summed E-state index contributed by atoms with van der Waals surface area (Å²) in [6, 6.07) is 19.1. The summed E-state index contributed by atoms with van der Waals surface area (Å²) in [5.74, 6) is 1.41. The van der Waals surface area contributed by atoms with Gasteiger partial charge in [0.25, 0.3) is 0 Å². The van der Waals surface area contributed by atoms with E-state index in [2.05, 4.69) is 58.5 Å². The van der Waals surface area contributed by atoms with E-state index in [0.29, 0.717) is 19.1 Å². The molecule has 3 heterocycles. The maximum Gasteiger partial charge on any atom is 0.244 e. The summed E-state index contributed by atoms with van der Waals surface area (Å²) in [5, 5.41) is 4.14. The summed E-state index contributed by atoms with van der Waals surface area (Å²) in [6.07, 6.45) is 6.78. The highest BCUT2D eigenvalue weighted by Gasteiger charge is 2.24. The number of benzene rings is 2. The Morgan fingerprint density at radius 2 is 1.88 bits per heavy atom. The molecule has 0 aliphatic carbocycles. The van der Waals surface area contributed by atoms with Gasteiger partial charge in [-0.1, -0.05) is 36.4 Å². The van der Waals surface area contributed by atoms with Crippen LogP contribution >= 0.6 is 0 Å². The van der Waals surface area contributed by atoms with E-state index in [0.717, 1.165) is 57.7 Å². The van der Waals surface area contributed by atoms with Crippen LogP contribution in [-0.4, -0.2) is 51.7 Å². The third kappa shape index (κ3) is 5.63. The van der Waals surface area contributed by atoms with E-state index in [1.807, 2.05) is 17.2 Å². The molecule has 1 saturated heterocycles. The zero-order valence-corrected chi connectivity index (χ0v) is 19.1. The minimum Gasteiger partial charge on any atom is -0.493 e. The van der Waals surface area contributed by atoms with E-state index < -0.39 is 0 Å². The van der Waals surface area contributed by atoms with Gasteiger partial charge in [0.1, 0.15) is 12.3 Å². The number of piperidine rings is 1. The molecule has 3 aromatic rings. The van der Waals surface area contributed by atoms with Crippen molar-refractivity contribution in [2.75, 3.05) is 26.2 Å². The molecule has 6 heteroatoms. The summed E-state index contributed by atoms with van der Waals surface area (Å²) >= 11 is 0. The average Bonchev–Trinajstić information content (AvgIpc) is 3.37. The molecule has 33 heavy (non-hydrogen) atoms. The second-order valence-corrected chi connectivity index (χ2v) is 9.24. The van der Waals surface area contributed by atoms with Crippen LogP contribution in [0.4, 0.5) is 0 Å². The largest absolute Gasteiger partial charge is 0.493 e.